The fraction of sp³-hybridized carbons (Fsp3) is 0.625. The SMILES string of the molecule is CNC1CCCn2nccc2N1. The average molecular weight is 166 g/mol. The molecule has 2 rings (SSSR count). The molecule has 1 unspecified atom stereocenters. The molecule has 2 N–H and O–H groups in total. The minimum atomic E-state index is 0.392. The van der Waals surface area contributed by atoms with Crippen molar-refractivity contribution < 1.29 is 0 Å². The van der Waals surface area contributed by atoms with Crippen molar-refractivity contribution in [2.24, 2.45) is 0 Å². The molecule has 1 aromatic heterocycles. The Labute approximate surface area is 72.0 Å². The van der Waals surface area contributed by atoms with Crippen LogP contribution in [0.1, 0.15) is 12.8 Å². The van der Waals surface area contributed by atoms with Crippen LogP contribution in [0.25, 0.3) is 0 Å². The molecular formula is C8H14N4. The van der Waals surface area contributed by atoms with Gasteiger partial charge in [0, 0.05) is 12.6 Å². The van der Waals surface area contributed by atoms with Gasteiger partial charge in [0.05, 0.1) is 12.4 Å². The molecule has 0 spiro atoms. The Hall–Kier alpha value is -1.03. The monoisotopic (exact) mass is 166 g/mol. The molecule has 12 heavy (non-hydrogen) atoms. The Morgan fingerprint density at radius 3 is 3.50 bits per heavy atom. The summed E-state index contributed by atoms with van der Waals surface area (Å²) in [6.45, 7) is 1.02. The maximum absolute atomic E-state index is 4.21. The molecule has 0 fully saturated rings. The minimum absolute atomic E-state index is 0.392. The van der Waals surface area contributed by atoms with Crippen molar-refractivity contribution in [2.75, 3.05) is 12.4 Å². The molecule has 0 radical (unpaired) electrons. The van der Waals surface area contributed by atoms with Gasteiger partial charge in [-0.2, -0.15) is 5.10 Å². The zero-order valence-corrected chi connectivity index (χ0v) is 7.25. The van der Waals surface area contributed by atoms with Crippen molar-refractivity contribution in [3.63, 3.8) is 0 Å². The molecular weight excluding hydrogens is 152 g/mol. The Morgan fingerprint density at radius 1 is 1.75 bits per heavy atom. The summed E-state index contributed by atoms with van der Waals surface area (Å²) in [5.74, 6) is 1.12. The quantitative estimate of drug-likeness (QED) is 0.643. The first kappa shape index (κ1) is 7.61. The lowest BCUT2D eigenvalue weighted by Gasteiger charge is -2.14. The Morgan fingerprint density at radius 2 is 2.67 bits per heavy atom. The second-order valence-electron chi connectivity index (χ2n) is 3.07. The van der Waals surface area contributed by atoms with Crippen LogP contribution in [0.3, 0.4) is 0 Å². The van der Waals surface area contributed by atoms with E-state index in [1.165, 1.54) is 6.42 Å². The molecule has 2 heterocycles. The van der Waals surface area contributed by atoms with E-state index < -0.39 is 0 Å². The Kier molecular flexibility index (Phi) is 1.99. The molecule has 66 valence electrons. The first-order chi connectivity index (χ1) is 5.90. The van der Waals surface area contributed by atoms with Crippen LogP contribution in [0.4, 0.5) is 5.82 Å². The Balaban J connectivity index is 2.18. The highest BCUT2D eigenvalue weighted by molar-refractivity contribution is 5.35. The van der Waals surface area contributed by atoms with Crippen LogP contribution in [0, 0.1) is 0 Å². The van der Waals surface area contributed by atoms with Crippen LogP contribution in [0.15, 0.2) is 12.3 Å². The van der Waals surface area contributed by atoms with E-state index in [0.29, 0.717) is 6.17 Å². The molecule has 1 atom stereocenters. The van der Waals surface area contributed by atoms with E-state index in [0.717, 1.165) is 18.8 Å². The molecule has 1 aliphatic heterocycles. The summed E-state index contributed by atoms with van der Waals surface area (Å²) >= 11 is 0. The van der Waals surface area contributed by atoms with E-state index in [-0.39, 0.29) is 0 Å². The fourth-order valence-corrected chi connectivity index (χ4v) is 1.55. The van der Waals surface area contributed by atoms with Crippen molar-refractivity contribution in [3.8, 4) is 0 Å². The maximum Gasteiger partial charge on any atom is 0.125 e. The fourth-order valence-electron chi connectivity index (χ4n) is 1.55. The zero-order chi connectivity index (χ0) is 8.39. The summed E-state index contributed by atoms with van der Waals surface area (Å²) < 4.78 is 2.01. The van der Waals surface area contributed by atoms with Crippen LogP contribution in [0.5, 0.6) is 0 Å². The molecule has 0 saturated carbocycles. The summed E-state index contributed by atoms with van der Waals surface area (Å²) in [6.07, 6.45) is 4.55. The highest BCUT2D eigenvalue weighted by atomic mass is 15.3. The number of aryl methyl sites for hydroxylation is 1. The molecule has 4 nitrogen and oxygen atoms in total. The Bertz CT molecular complexity index is 255. The second-order valence-corrected chi connectivity index (χ2v) is 3.07. The summed E-state index contributed by atoms with van der Waals surface area (Å²) in [4.78, 5) is 0. The summed E-state index contributed by atoms with van der Waals surface area (Å²) in [5, 5.41) is 10.8. The standard InChI is InChI=1S/C8H14N4/c1-9-7-3-2-6-12-8(11-7)4-5-10-12/h4-5,7,9,11H,2-3,6H2,1H3. The lowest BCUT2D eigenvalue weighted by molar-refractivity contribution is 0.531. The molecule has 1 aromatic rings. The molecule has 0 aromatic carbocycles. The van der Waals surface area contributed by atoms with Crippen LogP contribution < -0.4 is 10.6 Å². The smallest absolute Gasteiger partial charge is 0.125 e. The van der Waals surface area contributed by atoms with Gasteiger partial charge in [-0.15, -0.1) is 0 Å². The van der Waals surface area contributed by atoms with Gasteiger partial charge in [0.1, 0.15) is 5.82 Å². The lowest BCUT2D eigenvalue weighted by Crippen LogP contribution is -2.32. The zero-order valence-electron chi connectivity index (χ0n) is 7.25. The summed E-state index contributed by atoms with van der Waals surface area (Å²) in [7, 11) is 1.98. The van der Waals surface area contributed by atoms with Gasteiger partial charge in [-0.3, -0.25) is 0 Å². The number of nitrogens with one attached hydrogen (secondary N) is 2. The van der Waals surface area contributed by atoms with Gasteiger partial charge in [0.25, 0.3) is 0 Å². The predicted octanol–water partition coefficient (Wildman–Crippen LogP) is 0.634. The molecule has 1 aliphatic rings. The third-order valence-electron chi connectivity index (χ3n) is 2.25. The first-order valence-corrected chi connectivity index (χ1v) is 4.36. The van der Waals surface area contributed by atoms with Crippen LogP contribution in [-0.4, -0.2) is 23.0 Å². The van der Waals surface area contributed by atoms with E-state index >= 15 is 0 Å². The van der Waals surface area contributed by atoms with Crippen LogP contribution in [0.2, 0.25) is 0 Å². The van der Waals surface area contributed by atoms with E-state index in [9.17, 15) is 0 Å². The summed E-state index contributed by atoms with van der Waals surface area (Å²) in [6, 6.07) is 2.01. The minimum Gasteiger partial charge on any atom is -0.355 e. The molecule has 0 aliphatic carbocycles. The average Bonchev–Trinajstić information content (AvgIpc) is 2.43. The predicted molar refractivity (Wildman–Crippen MR) is 47.9 cm³/mol. The highest BCUT2D eigenvalue weighted by Crippen LogP contribution is 2.14. The number of anilines is 1. The topological polar surface area (TPSA) is 41.9 Å². The number of hydrogen-bond donors (Lipinski definition) is 2. The normalized spacial score (nSPS) is 22.6. The molecule has 0 amide bonds. The van der Waals surface area contributed by atoms with Gasteiger partial charge < -0.3 is 10.6 Å². The van der Waals surface area contributed by atoms with Gasteiger partial charge in [-0.25, -0.2) is 4.68 Å². The van der Waals surface area contributed by atoms with E-state index in [1.807, 2.05) is 24.0 Å². The number of hydrogen-bond acceptors (Lipinski definition) is 3. The second kappa shape index (κ2) is 3.15. The van der Waals surface area contributed by atoms with Crippen molar-refractivity contribution in [2.45, 2.75) is 25.6 Å². The van der Waals surface area contributed by atoms with Crippen molar-refractivity contribution in [1.29, 1.82) is 0 Å². The summed E-state index contributed by atoms with van der Waals surface area (Å²) in [5.41, 5.74) is 0. The van der Waals surface area contributed by atoms with Gasteiger partial charge in [0.15, 0.2) is 0 Å². The van der Waals surface area contributed by atoms with E-state index in [1.54, 1.807) is 0 Å². The van der Waals surface area contributed by atoms with Gasteiger partial charge >= 0.3 is 0 Å². The third-order valence-corrected chi connectivity index (χ3v) is 2.25. The number of rotatable bonds is 1. The van der Waals surface area contributed by atoms with Crippen LogP contribution >= 0.6 is 0 Å². The van der Waals surface area contributed by atoms with Crippen molar-refractivity contribution in [1.82, 2.24) is 15.1 Å². The van der Waals surface area contributed by atoms with Crippen LogP contribution in [-0.2, 0) is 6.54 Å². The maximum atomic E-state index is 4.21. The van der Waals surface area contributed by atoms with Gasteiger partial charge in [-0.05, 0) is 19.9 Å². The lowest BCUT2D eigenvalue weighted by atomic mass is 10.2. The molecule has 4 heteroatoms. The van der Waals surface area contributed by atoms with Crippen molar-refractivity contribution in [3.05, 3.63) is 12.3 Å². The van der Waals surface area contributed by atoms with E-state index in [2.05, 4.69) is 15.7 Å². The molecule has 0 bridgehead atoms. The third kappa shape index (κ3) is 1.30. The largest absolute Gasteiger partial charge is 0.355 e. The van der Waals surface area contributed by atoms with Gasteiger partial charge in [-0.1, -0.05) is 0 Å². The number of aromatic nitrogens is 2. The van der Waals surface area contributed by atoms with E-state index in [4.69, 9.17) is 0 Å². The highest BCUT2D eigenvalue weighted by Gasteiger charge is 2.12. The number of nitrogens with zero attached hydrogens (tertiary/aromatic N) is 2. The number of fused-ring (bicyclic) bond motifs is 1. The first-order valence-electron chi connectivity index (χ1n) is 4.36. The van der Waals surface area contributed by atoms with Crippen molar-refractivity contribution >= 4 is 5.82 Å². The van der Waals surface area contributed by atoms with Gasteiger partial charge in [0.2, 0.25) is 0 Å². The molecule has 0 saturated heterocycles.